The number of nitrogens with one attached hydrogen (secondary N) is 1. The number of hydrogen-bond donors (Lipinski definition) is 1. The predicted octanol–water partition coefficient (Wildman–Crippen LogP) is 4.86. The molecule has 3 aromatic rings. The minimum absolute atomic E-state index is 0.0395. The summed E-state index contributed by atoms with van der Waals surface area (Å²) >= 11 is 1.30. The van der Waals surface area contributed by atoms with E-state index in [1.54, 1.807) is 36.3 Å². The minimum Gasteiger partial charge on any atom is -0.497 e. The zero-order valence-electron chi connectivity index (χ0n) is 16.9. The molecule has 156 valence electrons. The molecule has 1 aliphatic heterocycles. The SMILES string of the molecule is COc1cccc(NC(=O)C[C@H]2SC(=Nc3ccccc3)N(c3ccccc3)C2=O)c1. The van der Waals surface area contributed by atoms with Crippen LogP contribution in [0.25, 0.3) is 0 Å². The Bertz CT molecular complexity index is 1100. The van der Waals surface area contributed by atoms with Crippen molar-refractivity contribution in [2.75, 3.05) is 17.3 Å². The molecule has 7 heteroatoms. The highest BCUT2D eigenvalue weighted by molar-refractivity contribution is 8.16. The fourth-order valence-electron chi connectivity index (χ4n) is 3.18. The predicted molar refractivity (Wildman–Crippen MR) is 125 cm³/mol. The molecule has 0 radical (unpaired) electrons. The number of amides is 2. The maximum absolute atomic E-state index is 13.2. The topological polar surface area (TPSA) is 71.0 Å². The fraction of sp³-hybridized carbons (Fsp3) is 0.125. The third-order valence-corrected chi connectivity index (χ3v) is 5.79. The number of aliphatic imine (C=N–C) groups is 1. The van der Waals surface area contributed by atoms with Crippen molar-refractivity contribution in [2.24, 2.45) is 4.99 Å². The van der Waals surface area contributed by atoms with Crippen LogP contribution in [0.15, 0.2) is 89.9 Å². The molecular formula is C24H21N3O3S. The van der Waals surface area contributed by atoms with Gasteiger partial charge in [-0.1, -0.05) is 54.2 Å². The molecule has 0 unspecified atom stereocenters. The Morgan fingerprint density at radius 2 is 1.74 bits per heavy atom. The molecule has 1 heterocycles. The molecule has 0 bridgehead atoms. The number of carbonyl (C=O) groups is 2. The van der Waals surface area contributed by atoms with Gasteiger partial charge in [-0.15, -0.1) is 0 Å². The van der Waals surface area contributed by atoms with Crippen LogP contribution in [0.5, 0.6) is 5.75 Å². The first-order chi connectivity index (χ1) is 15.1. The number of nitrogens with zero attached hydrogens (tertiary/aromatic N) is 2. The molecule has 1 aliphatic rings. The minimum atomic E-state index is -0.562. The summed E-state index contributed by atoms with van der Waals surface area (Å²) < 4.78 is 5.19. The number of thioether (sulfide) groups is 1. The van der Waals surface area contributed by atoms with Gasteiger partial charge >= 0.3 is 0 Å². The molecule has 4 rings (SSSR count). The number of ether oxygens (including phenoxy) is 1. The molecule has 1 fully saturated rings. The summed E-state index contributed by atoms with van der Waals surface area (Å²) in [5, 5.41) is 2.84. The average Bonchev–Trinajstić information content (AvgIpc) is 3.09. The van der Waals surface area contributed by atoms with E-state index in [-0.39, 0.29) is 18.2 Å². The fourth-order valence-corrected chi connectivity index (χ4v) is 4.34. The van der Waals surface area contributed by atoms with Crippen molar-refractivity contribution in [3.63, 3.8) is 0 Å². The number of hydrogen-bond acceptors (Lipinski definition) is 5. The second kappa shape index (κ2) is 9.49. The summed E-state index contributed by atoms with van der Waals surface area (Å²) in [4.78, 5) is 32.1. The Labute approximate surface area is 184 Å². The maximum atomic E-state index is 13.2. The first-order valence-electron chi connectivity index (χ1n) is 9.77. The molecule has 0 saturated carbocycles. The number of benzene rings is 3. The molecule has 31 heavy (non-hydrogen) atoms. The highest BCUT2D eigenvalue weighted by atomic mass is 32.2. The van der Waals surface area contributed by atoms with Crippen molar-refractivity contribution < 1.29 is 14.3 Å². The summed E-state index contributed by atoms with van der Waals surface area (Å²) in [5.74, 6) is 0.247. The van der Waals surface area contributed by atoms with Crippen LogP contribution in [-0.4, -0.2) is 29.3 Å². The molecule has 0 aromatic heterocycles. The lowest BCUT2D eigenvalue weighted by atomic mass is 10.2. The largest absolute Gasteiger partial charge is 0.497 e. The number of carbonyl (C=O) groups excluding carboxylic acids is 2. The van der Waals surface area contributed by atoms with E-state index in [4.69, 9.17) is 4.74 Å². The van der Waals surface area contributed by atoms with Crippen molar-refractivity contribution in [1.29, 1.82) is 0 Å². The summed E-state index contributed by atoms with van der Waals surface area (Å²) in [6.07, 6.45) is 0.0395. The Balaban J connectivity index is 1.55. The van der Waals surface area contributed by atoms with Crippen LogP contribution in [0.3, 0.4) is 0 Å². The lowest BCUT2D eigenvalue weighted by Crippen LogP contribution is -2.33. The van der Waals surface area contributed by atoms with Crippen molar-refractivity contribution in [3.8, 4) is 5.75 Å². The number of rotatable bonds is 6. The summed E-state index contributed by atoms with van der Waals surface area (Å²) in [7, 11) is 1.57. The van der Waals surface area contributed by atoms with Crippen LogP contribution in [0.2, 0.25) is 0 Å². The first kappa shape index (κ1) is 20.7. The van der Waals surface area contributed by atoms with Crippen molar-refractivity contribution >= 4 is 45.8 Å². The van der Waals surface area contributed by atoms with Gasteiger partial charge in [0.05, 0.1) is 18.5 Å². The standard InChI is InChI=1S/C24H21N3O3S/c1-30-20-14-8-11-18(15-20)25-22(28)16-21-23(29)27(19-12-6-3-7-13-19)24(31-21)26-17-9-4-2-5-10-17/h2-15,21H,16H2,1H3,(H,25,28)/t21-/m1/s1. The van der Waals surface area contributed by atoms with Gasteiger partial charge in [-0.05, 0) is 36.4 Å². The van der Waals surface area contributed by atoms with Gasteiger partial charge in [0.1, 0.15) is 11.0 Å². The van der Waals surface area contributed by atoms with Crippen LogP contribution in [-0.2, 0) is 9.59 Å². The summed E-state index contributed by atoms with van der Waals surface area (Å²) in [5.41, 5.74) is 2.10. The van der Waals surface area contributed by atoms with Gasteiger partial charge in [-0.25, -0.2) is 4.99 Å². The van der Waals surface area contributed by atoms with Crippen molar-refractivity contribution in [3.05, 3.63) is 84.9 Å². The van der Waals surface area contributed by atoms with Gasteiger partial charge in [-0.2, -0.15) is 0 Å². The van der Waals surface area contributed by atoms with E-state index in [9.17, 15) is 9.59 Å². The average molecular weight is 432 g/mol. The van der Waals surface area contributed by atoms with E-state index >= 15 is 0 Å². The molecule has 0 aliphatic carbocycles. The number of anilines is 2. The molecule has 1 saturated heterocycles. The smallest absolute Gasteiger partial charge is 0.247 e. The van der Waals surface area contributed by atoms with E-state index < -0.39 is 5.25 Å². The number of amidine groups is 1. The van der Waals surface area contributed by atoms with Gasteiger partial charge in [0.2, 0.25) is 11.8 Å². The molecule has 3 aromatic carbocycles. The maximum Gasteiger partial charge on any atom is 0.247 e. The molecule has 0 spiro atoms. The van der Waals surface area contributed by atoms with Gasteiger partial charge in [0.25, 0.3) is 0 Å². The van der Waals surface area contributed by atoms with E-state index in [0.29, 0.717) is 16.6 Å². The Kier molecular flexibility index (Phi) is 6.33. The second-order valence-electron chi connectivity index (χ2n) is 6.83. The normalized spacial score (nSPS) is 17.1. The quantitative estimate of drug-likeness (QED) is 0.605. The van der Waals surface area contributed by atoms with Crippen molar-refractivity contribution in [1.82, 2.24) is 0 Å². The van der Waals surface area contributed by atoms with E-state index in [2.05, 4.69) is 10.3 Å². The molecule has 6 nitrogen and oxygen atoms in total. The highest BCUT2D eigenvalue weighted by Gasteiger charge is 2.40. The summed E-state index contributed by atoms with van der Waals surface area (Å²) in [6.45, 7) is 0. The second-order valence-corrected chi connectivity index (χ2v) is 8.00. The van der Waals surface area contributed by atoms with Crippen LogP contribution in [0, 0.1) is 0 Å². The lowest BCUT2D eigenvalue weighted by Gasteiger charge is -2.16. The van der Waals surface area contributed by atoms with Crippen LogP contribution < -0.4 is 15.0 Å². The van der Waals surface area contributed by atoms with Gasteiger partial charge in [-0.3, -0.25) is 14.5 Å². The van der Waals surface area contributed by atoms with Gasteiger partial charge in [0.15, 0.2) is 5.17 Å². The highest BCUT2D eigenvalue weighted by Crippen LogP contribution is 2.35. The summed E-state index contributed by atoms with van der Waals surface area (Å²) in [6, 6.07) is 25.9. The Hall–Kier alpha value is -3.58. The Morgan fingerprint density at radius 1 is 1.03 bits per heavy atom. The molecule has 1 atom stereocenters. The van der Waals surface area contributed by atoms with Crippen molar-refractivity contribution in [2.45, 2.75) is 11.7 Å². The van der Waals surface area contributed by atoms with Gasteiger partial charge < -0.3 is 10.1 Å². The van der Waals surface area contributed by atoms with E-state index in [1.165, 1.54) is 11.8 Å². The molecular weight excluding hydrogens is 410 g/mol. The first-order valence-corrected chi connectivity index (χ1v) is 10.7. The lowest BCUT2D eigenvalue weighted by molar-refractivity contribution is -0.121. The monoisotopic (exact) mass is 431 g/mol. The van der Waals surface area contributed by atoms with E-state index in [0.717, 1.165) is 11.4 Å². The zero-order chi connectivity index (χ0) is 21.6. The third kappa shape index (κ3) is 4.95. The Morgan fingerprint density at radius 3 is 2.45 bits per heavy atom. The van der Waals surface area contributed by atoms with Crippen LogP contribution >= 0.6 is 11.8 Å². The zero-order valence-corrected chi connectivity index (χ0v) is 17.7. The number of para-hydroxylation sites is 2. The molecule has 1 N–H and O–H groups in total. The molecule has 2 amide bonds. The van der Waals surface area contributed by atoms with Crippen LogP contribution in [0.4, 0.5) is 17.1 Å². The third-order valence-electron chi connectivity index (χ3n) is 4.65. The van der Waals surface area contributed by atoms with Gasteiger partial charge in [0, 0.05) is 18.2 Å². The number of methoxy groups -OCH3 is 1. The van der Waals surface area contributed by atoms with E-state index in [1.807, 2.05) is 60.7 Å². The van der Waals surface area contributed by atoms with Crippen LogP contribution in [0.1, 0.15) is 6.42 Å².